The van der Waals surface area contributed by atoms with Crippen molar-refractivity contribution in [2.45, 2.75) is 19.8 Å². The maximum absolute atomic E-state index is 12.4. The standard InChI is InChI=1S/C16H18N2O3/c1-10-13(12-4-2-3-5-14(12)17-10)8-15(19)18-7-6-11(9-18)16(20)21/h2-5,11,17H,6-9H2,1H3,(H,20,21). The number of hydrogen-bond donors (Lipinski definition) is 2. The van der Waals surface area contributed by atoms with Crippen LogP contribution in [0.3, 0.4) is 0 Å². The Morgan fingerprint density at radius 1 is 1.38 bits per heavy atom. The quantitative estimate of drug-likeness (QED) is 0.905. The van der Waals surface area contributed by atoms with Crippen molar-refractivity contribution in [1.29, 1.82) is 0 Å². The molecule has 0 aliphatic carbocycles. The molecule has 1 aromatic carbocycles. The number of carbonyl (C=O) groups excluding carboxylic acids is 1. The number of rotatable bonds is 3. The molecule has 0 spiro atoms. The summed E-state index contributed by atoms with van der Waals surface area (Å²) in [5.41, 5.74) is 3.04. The van der Waals surface area contributed by atoms with Crippen LogP contribution in [0.4, 0.5) is 0 Å². The van der Waals surface area contributed by atoms with Crippen LogP contribution in [0.2, 0.25) is 0 Å². The summed E-state index contributed by atoms with van der Waals surface area (Å²) in [5, 5.41) is 10.1. The minimum absolute atomic E-state index is 0.00611. The van der Waals surface area contributed by atoms with Gasteiger partial charge in [-0.2, -0.15) is 0 Å². The van der Waals surface area contributed by atoms with Gasteiger partial charge in [0.2, 0.25) is 5.91 Å². The number of nitrogens with zero attached hydrogens (tertiary/aromatic N) is 1. The molecule has 1 saturated heterocycles. The van der Waals surface area contributed by atoms with Crippen molar-refractivity contribution >= 4 is 22.8 Å². The summed E-state index contributed by atoms with van der Waals surface area (Å²) in [6.45, 7) is 2.83. The molecule has 1 aliphatic rings. The molecule has 3 rings (SSSR count). The highest BCUT2D eigenvalue weighted by molar-refractivity contribution is 5.90. The second kappa shape index (κ2) is 5.24. The first-order valence-electron chi connectivity index (χ1n) is 7.13. The molecule has 1 aromatic heterocycles. The molecule has 5 heteroatoms. The van der Waals surface area contributed by atoms with Gasteiger partial charge >= 0.3 is 5.97 Å². The van der Waals surface area contributed by atoms with E-state index >= 15 is 0 Å². The van der Waals surface area contributed by atoms with Gasteiger partial charge in [0.15, 0.2) is 0 Å². The van der Waals surface area contributed by atoms with Gasteiger partial charge in [0.05, 0.1) is 12.3 Å². The van der Waals surface area contributed by atoms with E-state index in [4.69, 9.17) is 5.11 Å². The monoisotopic (exact) mass is 286 g/mol. The maximum Gasteiger partial charge on any atom is 0.308 e. The molecule has 1 fully saturated rings. The predicted octanol–water partition coefficient (Wildman–Crippen LogP) is 1.95. The fourth-order valence-electron chi connectivity index (χ4n) is 3.01. The molecule has 2 N–H and O–H groups in total. The molecule has 1 unspecified atom stereocenters. The van der Waals surface area contributed by atoms with E-state index < -0.39 is 11.9 Å². The normalized spacial score (nSPS) is 18.3. The second-order valence-electron chi connectivity index (χ2n) is 5.61. The Morgan fingerprint density at radius 3 is 2.86 bits per heavy atom. The number of nitrogens with one attached hydrogen (secondary N) is 1. The molecule has 110 valence electrons. The SMILES string of the molecule is Cc1[nH]c2ccccc2c1CC(=O)N1CCC(C(=O)O)C1. The van der Waals surface area contributed by atoms with Crippen molar-refractivity contribution in [3.63, 3.8) is 0 Å². The Hall–Kier alpha value is -2.30. The van der Waals surface area contributed by atoms with E-state index in [1.807, 2.05) is 31.2 Å². The number of benzene rings is 1. The zero-order valence-electron chi connectivity index (χ0n) is 11.9. The van der Waals surface area contributed by atoms with Gasteiger partial charge in [0, 0.05) is 29.7 Å². The van der Waals surface area contributed by atoms with Crippen LogP contribution >= 0.6 is 0 Å². The number of carbonyl (C=O) groups is 2. The molecule has 1 aliphatic heterocycles. The number of aromatic nitrogens is 1. The molecule has 2 aromatic rings. The number of carboxylic acid groups (broad SMARTS) is 1. The van der Waals surface area contributed by atoms with E-state index in [0.717, 1.165) is 22.2 Å². The summed E-state index contributed by atoms with van der Waals surface area (Å²) in [6.07, 6.45) is 0.871. The number of likely N-dealkylation sites (tertiary alicyclic amines) is 1. The van der Waals surface area contributed by atoms with E-state index in [1.54, 1.807) is 4.90 Å². The average Bonchev–Trinajstić information content (AvgIpc) is 3.05. The number of carboxylic acids is 1. The Kier molecular flexibility index (Phi) is 3.41. The number of hydrogen-bond acceptors (Lipinski definition) is 2. The van der Waals surface area contributed by atoms with Crippen molar-refractivity contribution < 1.29 is 14.7 Å². The van der Waals surface area contributed by atoms with Gasteiger partial charge in [0.1, 0.15) is 0 Å². The van der Waals surface area contributed by atoms with E-state index in [9.17, 15) is 9.59 Å². The lowest BCUT2D eigenvalue weighted by molar-refractivity contribution is -0.141. The molecule has 5 nitrogen and oxygen atoms in total. The Morgan fingerprint density at radius 2 is 2.14 bits per heavy atom. The van der Waals surface area contributed by atoms with Gasteiger partial charge in [-0.3, -0.25) is 9.59 Å². The van der Waals surface area contributed by atoms with Gasteiger partial charge in [-0.25, -0.2) is 0 Å². The summed E-state index contributed by atoms with van der Waals surface area (Å²) in [5.74, 6) is -1.22. The summed E-state index contributed by atoms with van der Waals surface area (Å²) in [4.78, 5) is 28.3. The lowest BCUT2D eigenvalue weighted by Gasteiger charge is -2.15. The summed E-state index contributed by atoms with van der Waals surface area (Å²) in [6, 6.07) is 7.92. The van der Waals surface area contributed by atoms with E-state index in [2.05, 4.69) is 4.98 Å². The lowest BCUT2D eigenvalue weighted by atomic mass is 10.1. The lowest BCUT2D eigenvalue weighted by Crippen LogP contribution is -2.31. The number of aryl methyl sites for hydroxylation is 1. The van der Waals surface area contributed by atoms with Crippen LogP contribution in [0.5, 0.6) is 0 Å². The molecular weight excluding hydrogens is 268 g/mol. The van der Waals surface area contributed by atoms with Gasteiger partial charge in [0.25, 0.3) is 0 Å². The molecule has 1 atom stereocenters. The van der Waals surface area contributed by atoms with Gasteiger partial charge in [-0.15, -0.1) is 0 Å². The number of fused-ring (bicyclic) bond motifs is 1. The topological polar surface area (TPSA) is 73.4 Å². The van der Waals surface area contributed by atoms with Crippen LogP contribution in [0.25, 0.3) is 10.9 Å². The van der Waals surface area contributed by atoms with Crippen LogP contribution in [-0.4, -0.2) is 40.0 Å². The summed E-state index contributed by atoms with van der Waals surface area (Å²) >= 11 is 0. The first-order valence-corrected chi connectivity index (χ1v) is 7.13. The van der Waals surface area contributed by atoms with Crippen LogP contribution in [-0.2, 0) is 16.0 Å². The van der Waals surface area contributed by atoms with Crippen molar-refractivity contribution in [3.8, 4) is 0 Å². The van der Waals surface area contributed by atoms with Crippen molar-refractivity contribution in [1.82, 2.24) is 9.88 Å². The minimum atomic E-state index is -0.812. The largest absolute Gasteiger partial charge is 0.481 e. The van der Waals surface area contributed by atoms with E-state index in [0.29, 0.717) is 25.9 Å². The van der Waals surface area contributed by atoms with Crippen LogP contribution < -0.4 is 0 Å². The maximum atomic E-state index is 12.4. The number of H-pyrrole nitrogens is 1. The summed E-state index contributed by atoms with van der Waals surface area (Å²) in [7, 11) is 0. The minimum Gasteiger partial charge on any atom is -0.481 e. The van der Waals surface area contributed by atoms with Crippen LogP contribution in [0.1, 0.15) is 17.7 Å². The molecular formula is C16H18N2O3. The third-order valence-electron chi connectivity index (χ3n) is 4.25. The fourth-order valence-corrected chi connectivity index (χ4v) is 3.01. The highest BCUT2D eigenvalue weighted by Crippen LogP contribution is 2.24. The third kappa shape index (κ3) is 2.51. The summed E-state index contributed by atoms with van der Waals surface area (Å²) < 4.78 is 0. The highest BCUT2D eigenvalue weighted by Gasteiger charge is 2.31. The van der Waals surface area contributed by atoms with Gasteiger partial charge < -0.3 is 15.0 Å². The molecule has 2 heterocycles. The molecule has 21 heavy (non-hydrogen) atoms. The third-order valence-corrected chi connectivity index (χ3v) is 4.25. The second-order valence-corrected chi connectivity index (χ2v) is 5.61. The first-order chi connectivity index (χ1) is 10.1. The van der Waals surface area contributed by atoms with E-state index in [-0.39, 0.29) is 5.91 Å². The fraction of sp³-hybridized carbons (Fsp3) is 0.375. The Balaban J connectivity index is 1.78. The molecule has 0 radical (unpaired) electrons. The van der Waals surface area contributed by atoms with Crippen molar-refractivity contribution in [2.75, 3.05) is 13.1 Å². The number of para-hydroxylation sites is 1. The van der Waals surface area contributed by atoms with Crippen LogP contribution in [0.15, 0.2) is 24.3 Å². The Bertz CT molecular complexity index is 705. The first kappa shape index (κ1) is 13.7. The number of aliphatic carboxylic acids is 1. The average molecular weight is 286 g/mol. The van der Waals surface area contributed by atoms with Gasteiger partial charge in [-0.05, 0) is 25.0 Å². The predicted molar refractivity (Wildman–Crippen MR) is 79.1 cm³/mol. The van der Waals surface area contributed by atoms with E-state index in [1.165, 1.54) is 0 Å². The molecule has 0 saturated carbocycles. The zero-order chi connectivity index (χ0) is 15.0. The Labute approximate surface area is 122 Å². The molecule has 1 amide bonds. The van der Waals surface area contributed by atoms with Crippen molar-refractivity contribution in [3.05, 3.63) is 35.5 Å². The van der Waals surface area contributed by atoms with Crippen LogP contribution in [0, 0.1) is 12.8 Å². The highest BCUT2D eigenvalue weighted by atomic mass is 16.4. The van der Waals surface area contributed by atoms with Crippen molar-refractivity contribution in [2.24, 2.45) is 5.92 Å². The van der Waals surface area contributed by atoms with Gasteiger partial charge in [-0.1, -0.05) is 18.2 Å². The zero-order valence-corrected chi connectivity index (χ0v) is 11.9. The molecule has 0 bridgehead atoms. The number of aromatic amines is 1. The smallest absolute Gasteiger partial charge is 0.308 e. The number of amides is 1.